The van der Waals surface area contributed by atoms with E-state index in [1.807, 2.05) is 80.7 Å². The summed E-state index contributed by atoms with van der Waals surface area (Å²) < 4.78 is 1.73. The topological polar surface area (TPSA) is 51.0 Å². The molecule has 0 atom stereocenters. The van der Waals surface area contributed by atoms with Crippen LogP contribution in [0, 0.1) is 6.92 Å². The molecule has 0 aliphatic rings. The Morgan fingerprint density at radius 3 is 2.41 bits per heavy atom. The van der Waals surface area contributed by atoms with E-state index in [1.54, 1.807) is 15.8 Å². The van der Waals surface area contributed by atoms with Crippen LogP contribution in [0.1, 0.15) is 21.6 Å². The number of amides is 1. The standard InChI is InChI=1S/C22H20N4O/c1-16-20-13-18(14-23-21(20)25(2)24-16)22(27)26(19-11-7-4-8-12-19)15-17-9-5-3-6-10-17/h3-14H,15H2,1-2H3. The third-order valence-corrected chi connectivity index (χ3v) is 4.61. The molecule has 5 nitrogen and oxygen atoms in total. The van der Waals surface area contributed by atoms with Gasteiger partial charge in [-0.25, -0.2) is 4.98 Å². The SMILES string of the molecule is Cc1nn(C)c2ncc(C(=O)N(Cc3ccccc3)c3ccccc3)cc12. The molecule has 0 fully saturated rings. The van der Waals surface area contributed by atoms with E-state index in [9.17, 15) is 4.79 Å². The number of para-hydroxylation sites is 1. The average Bonchev–Trinajstić information content (AvgIpc) is 3.00. The third kappa shape index (κ3) is 3.31. The lowest BCUT2D eigenvalue weighted by Gasteiger charge is -2.23. The van der Waals surface area contributed by atoms with Crippen LogP contribution in [0.2, 0.25) is 0 Å². The summed E-state index contributed by atoms with van der Waals surface area (Å²) in [6.45, 7) is 2.42. The van der Waals surface area contributed by atoms with E-state index in [-0.39, 0.29) is 5.91 Å². The number of nitrogens with zero attached hydrogens (tertiary/aromatic N) is 4. The Balaban J connectivity index is 1.75. The fourth-order valence-corrected chi connectivity index (χ4v) is 3.23. The predicted octanol–water partition coefficient (Wildman–Crippen LogP) is 4.12. The van der Waals surface area contributed by atoms with E-state index >= 15 is 0 Å². The summed E-state index contributed by atoms with van der Waals surface area (Å²) >= 11 is 0. The van der Waals surface area contributed by atoms with E-state index in [0.717, 1.165) is 28.0 Å². The largest absolute Gasteiger partial charge is 0.304 e. The molecular weight excluding hydrogens is 336 g/mol. The van der Waals surface area contributed by atoms with Crippen molar-refractivity contribution < 1.29 is 4.79 Å². The highest BCUT2D eigenvalue weighted by Gasteiger charge is 2.20. The lowest BCUT2D eigenvalue weighted by Crippen LogP contribution is -2.30. The van der Waals surface area contributed by atoms with Gasteiger partial charge in [-0.05, 0) is 30.7 Å². The van der Waals surface area contributed by atoms with Crippen LogP contribution in [0.5, 0.6) is 0 Å². The summed E-state index contributed by atoms with van der Waals surface area (Å²) in [5, 5.41) is 5.29. The molecule has 1 amide bonds. The first-order valence-corrected chi connectivity index (χ1v) is 8.83. The zero-order valence-electron chi connectivity index (χ0n) is 15.3. The van der Waals surface area contributed by atoms with E-state index < -0.39 is 0 Å². The summed E-state index contributed by atoms with van der Waals surface area (Å²) in [6.07, 6.45) is 1.63. The number of hydrogen-bond donors (Lipinski definition) is 0. The van der Waals surface area contributed by atoms with Crippen LogP contribution >= 0.6 is 0 Å². The first-order valence-electron chi connectivity index (χ1n) is 8.83. The van der Waals surface area contributed by atoms with Gasteiger partial charge in [0.25, 0.3) is 5.91 Å². The first kappa shape index (κ1) is 17.0. The molecule has 0 saturated carbocycles. The van der Waals surface area contributed by atoms with Crippen molar-refractivity contribution in [2.45, 2.75) is 13.5 Å². The number of carbonyl (C=O) groups excluding carboxylic acids is 1. The zero-order valence-corrected chi connectivity index (χ0v) is 15.3. The van der Waals surface area contributed by atoms with Gasteiger partial charge >= 0.3 is 0 Å². The molecule has 134 valence electrons. The molecule has 0 aliphatic carbocycles. The monoisotopic (exact) mass is 356 g/mol. The number of benzene rings is 2. The smallest absolute Gasteiger partial charge is 0.260 e. The highest BCUT2D eigenvalue weighted by atomic mass is 16.2. The molecule has 5 heteroatoms. The lowest BCUT2D eigenvalue weighted by molar-refractivity contribution is 0.0985. The number of fused-ring (bicyclic) bond motifs is 1. The number of pyridine rings is 1. The minimum atomic E-state index is -0.0808. The number of hydrogen-bond acceptors (Lipinski definition) is 3. The van der Waals surface area contributed by atoms with Gasteiger partial charge in [-0.3, -0.25) is 9.48 Å². The maximum Gasteiger partial charge on any atom is 0.260 e. The van der Waals surface area contributed by atoms with Gasteiger partial charge < -0.3 is 4.90 Å². The zero-order chi connectivity index (χ0) is 18.8. The molecule has 0 radical (unpaired) electrons. The van der Waals surface area contributed by atoms with Gasteiger partial charge in [-0.15, -0.1) is 0 Å². The first-order chi connectivity index (χ1) is 13.1. The Hall–Kier alpha value is -3.47. The summed E-state index contributed by atoms with van der Waals surface area (Å²) in [5.74, 6) is -0.0808. The second-order valence-electron chi connectivity index (χ2n) is 6.52. The average molecular weight is 356 g/mol. The van der Waals surface area contributed by atoms with Crippen molar-refractivity contribution >= 4 is 22.6 Å². The van der Waals surface area contributed by atoms with Gasteiger partial charge in [0.1, 0.15) is 0 Å². The summed E-state index contributed by atoms with van der Waals surface area (Å²) in [7, 11) is 1.86. The molecule has 0 saturated heterocycles. The van der Waals surface area contributed by atoms with Gasteiger partial charge in [0.05, 0.1) is 17.8 Å². The number of carbonyl (C=O) groups is 1. The highest BCUT2D eigenvalue weighted by molar-refractivity contribution is 6.07. The van der Waals surface area contributed by atoms with Crippen molar-refractivity contribution in [1.82, 2.24) is 14.8 Å². The summed E-state index contributed by atoms with van der Waals surface area (Å²) in [5.41, 5.74) is 4.12. The van der Waals surface area contributed by atoms with Gasteiger partial charge in [0, 0.05) is 24.3 Å². The van der Waals surface area contributed by atoms with E-state index in [4.69, 9.17) is 0 Å². The molecule has 2 aromatic heterocycles. The number of rotatable bonds is 4. The van der Waals surface area contributed by atoms with Crippen LogP contribution in [0.3, 0.4) is 0 Å². The van der Waals surface area contributed by atoms with Gasteiger partial charge in [0.2, 0.25) is 0 Å². The Bertz CT molecular complexity index is 1090. The van der Waals surface area contributed by atoms with Crippen molar-refractivity contribution in [3.05, 3.63) is 89.7 Å². The predicted molar refractivity (Wildman–Crippen MR) is 107 cm³/mol. The second kappa shape index (κ2) is 7.03. The molecule has 2 aromatic carbocycles. The third-order valence-electron chi connectivity index (χ3n) is 4.61. The highest BCUT2D eigenvalue weighted by Crippen LogP contribution is 2.22. The van der Waals surface area contributed by atoms with Crippen molar-refractivity contribution in [1.29, 1.82) is 0 Å². The van der Waals surface area contributed by atoms with Crippen molar-refractivity contribution in [2.24, 2.45) is 7.05 Å². The van der Waals surface area contributed by atoms with Crippen molar-refractivity contribution in [2.75, 3.05) is 4.90 Å². The van der Waals surface area contributed by atoms with E-state index in [1.165, 1.54) is 0 Å². The maximum absolute atomic E-state index is 13.4. The molecule has 27 heavy (non-hydrogen) atoms. The van der Waals surface area contributed by atoms with Gasteiger partial charge in [0.15, 0.2) is 5.65 Å². The Kier molecular flexibility index (Phi) is 4.42. The number of anilines is 1. The molecule has 0 N–H and O–H groups in total. The van der Waals surface area contributed by atoms with Crippen molar-refractivity contribution in [3.63, 3.8) is 0 Å². The van der Waals surface area contributed by atoms with Crippen LogP contribution in [-0.4, -0.2) is 20.7 Å². The Morgan fingerprint density at radius 2 is 1.70 bits per heavy atom. The minimum absolute atomic E-state index is 0.0808. The van der Waals surface area contributed by atoms with Gasteiger partial charge in [-0.1, -0.05) is 48.5 Å². The van der Waals surface area contributed by atoms with Crippen LogP contribution in [0.15, 0.2) is 72.9 Å². The fraction of sp³-hybridized carbons (Fsp3) is 0.136. The summed E-state index contributed by atoms with van der Waals surface area (Å²) in [6, 6.07) is 21.6. The van der Waals surface area contributed by atoms with Gasteiger partial charge in [-0.2, -0.15) is 5.10 Å². The number of aromatic nitrogens is 3. The minimum Gasteiger partial charge on any atom is -0.304 e. The molecule has 4 aromatic rings. The fourth-order valence-electron chi connectivity index (χ4n) is 3.23. The molecule has 0 spiro atoms. The van der Waals surface area contributed by atoms with E-state index in [0.29, 0.717) is 12.1 Å². The van der Waals surface area contributed by atoms with Crippen LogP contribution < -0.4 is 4.90 Å². The molecule has 4 rings (SSSR count). The Labute approximate surface area is 157 Å². The second-order valence-corrected chi connectivity index (χ2v) is 6.52. The summed E-state index contributed by atoms with van der Waals surface area (Å²) in [4.78, 5) is 19.6. The van der Waals surface area contributed by atoms with E-state index in [2.05, 4.69) is 10.1 Å². The molecule has 0 aliphatic heterocycles. The van der Waals surface area contributed by atoms with Crippen molar-refractivity contribution in [3.8, 4) is 0 Å². The molecule has 0 unspecified atom stereocenters. The van der Waals surface area contributed by atoms with Crippen LogP contribution in [0.4, 0.5) is 5.69 Å². The molecular formula is C22H20N4O. The van der Waals surface area contributed by atoms with Crippen LogP contribution in [-0.2, 0) is 13.6 Å². The number of aryl methyl sites for hydroxylation is 2. The van der Waals surface area contributed by atoms with Crippen LogP contribution in [0.25, 0.3) is 11.0 Å². The normalized spacial score (nSPS) is 10.9. The lowest BCUT2D eigenvalue weighted by atomic mass is 10.1. The maximum atomic E-state index is 13.4. The molecule has 0 bridgehead atoms. The Morgan fingerprint density at radius 1 is 1.04 bits per heavy atom. The quantitative estimate of drug-likeness (QED) is 0.553. The molecule has 2 heterocycles.